The molecular weight excluding hydrogens is 306 g/mol. The Morgan fingerprint density at radius 1 is 1.36 bits per heavy atom. The molecule has 0 spiro atoms. The second-order valence-corrected chi connectivity index (χ2v) is 5.09. The SMILES string of the molecule is CC(C)N(C)c1cc(Br)ccc1CBr. The minimum absolute atomic E-state index is 0.516. The Balaban J connectivity index is 3.10. The Morgan fingerprint density at radius 3 is 2.50 bits per heavy atom. The summed E-state index contributed by atoms with van der Waals surface area (Å²) in [6.45, 7) is 4.39. The molecule has 1 aromatic carbocycles. The maximum atomic E-state index is 3.51. The molecule has 0 amide bonds. The lowest BCUT2D eigenvalue weighted by atomic mass is 10.1. The van der Waals surface area contributed by atoms with Gasteiger partial charge < -0.3 is 4.90 Å². The van der Waals surface area contributed by atoms with Gasteiger partial charge in [-0.1, -0.05) is 37.9 Å². The van der Waals surface area contributed by atoms with Crippen molar-refractivity contribution in [1.82, 2.24) is 0 Å². The van der Waals surface area contributed by atoms with Crippen LogP contribution in [0.4, 0.5) is 5.69 Å². The molecule has 0 aromatic heterocycles. The van der Waals surface area contributed by atoms with Gasteiger partial charge in [-0.05, 0) is 31.5 Å². The summed E-state index contributed by atoms with van der Waals surface area (Å²) in [6, 6.07) is 6.90. The summed E-state index contributed by atoms with van der Waals surface area (Å²) in [5, 5.41) is 0.896. The van der Waals surface area contributed by atoms with Crippen LogP contribution in [0.15, 0.2) is 22.7 Å². The zero-order valence-corrected chi connectivity index (χ0v) is 11.9. The molecular formula is C11H15Br2N. The predicted octanol–water partition coefficient (Wildman–Crippen LogP) is 4.19. The normalized spacial score (nSPS) is 10.7. The van der Waals surface area contributed by atoms with E-state index in [1.54, 1.807) is 0 Å². The average Bonchev–Trinajstić information content (AvgIpc) is 2.16. The Labute approximate surface area is 103 Å². The van der Waals surface area contributed by atoms with E-state index in [9.17, 15) is 0 Å². The quantitative estimate of drug-likeness (QED) is 0.755. The summed E-state index contributed by atoms with van der Waals surface area (Å²) in [5.41, 5.74) is 2.61. The lowest BCUT2D eigenvalue weighted by Gasteiger charge is -2.26. The van der Waals surface area contributed by atoms with Crippen LogP contribution in [0.2, 0.25) is 0 Å². The monoisotopic (exact) mass is 319 g/mol. The first-order chi connectivity index (χ1) is 6.56. The molecule has 78 valence electrons. The highest BCUT2D eigenvalue weighted by Crippen LogP contribution is 2.27. The highest BCUT2D eigenvalue weighted by Gasteiger charge is 2.09. The average molecular weight is 321 g/mol. The minimum Gasteiger partial charge on any atom is -0.372 e. The Hall–Kier alpha value is -0.0200. The summed E-state index contributed by atoms with van der Waals surface area (Å²) in [4.78, 5) is 2.28. The molecule has 14 heavy (non-hydrogen) atoms. The molecule has 0 aliphatic carbocycles. The zero-order chi connectivity index (χ0) is 10.7. The van der Waals surface area contributed by atoms with Gasteiger partial charge in [0.1, 0.15) is 0 Å². The first-order valence-corrected chi connectivity index (χ1v) is 6.55. The van der Waals surface area contributed by atoms with E-state index >= 15 is 0 Å². The summed E-state index contributed by atoms with van der Waals surface area (Å²) in [7, 11) is 2.12. The number of hydrogen-bond acceptors (Lipinski definition) is 1. The fourth-order valence-corrected chi connectivity index (χ4v) is 2.08. The number of anilines is 1. The molecule has 0 heterocycles. The largest absolute Gasteiger partial charge is 0.372 e. The second kappa shape index (κ2) is 5.17. The van der Waals surface area contributed by atoms with Crippen molar-refractivity contribution in [3.05, 3.63) is 28.2 Å². The molecule has 0 saturated heterocycles. The van der Waals surface area contributed by atoms with E-state index in [4.69, 9.17) is 0 Å². The molecule has 0 N–H and O–H groups in total. The van der Waals surface area contributed by atoms with Gasteiger partial charge >= 0.3 is 0 Å². The highest BCUT2D eigenvalue weighted by molar-refractivity contribution is 9.10. The van der Waals surface area contributed by atoms with Crippen molar-refractivity contribution in [1.29, 1.82) is 0 Å². The summed E-state index contributed by atoms with van der Waals surface area (Å²) >= 11 is 7.01. The van der Waals surface area contributed by atoms with E-state index in [0.29, 0.717) is 6.04 Å². The first-order valence-electron chi connectivity index (χ1n) is 4.63. The van der Waals surface area contributed by atoms with E-state index in [1.807, 2.05) is 0 Å². The molecule has 1 aromatic rings. The fourth-order valence-electron chi connectivity index (χ4n) is 1.26. The van der Waals surface area contributed by atoms with Crippen LogP contribution >= 0.6 is 31.9 Å². The van der Waals surface area contributed by atoms with Crippen molar-refractivity contribution in [3.8, 4) is 0 Å². The molecule has 0 aliphatic rings. The standard InChI is InChI=1S/C11H15Br2N/c1-8(2)14(3)11-6-10(13)5-4-9(11)7-12/h4-6,8H,7H2,1-3H3. The van der Waals surface area contributed by atoms with Crippen LogP contribution in [0.1, 0.15) is 19.4 Å². The molecule has 0 radical (unpaired) electrons. The van der Waals surface area contributed by atoms with Gasteiger partial charge in [0.25, 0.3) is 0 Å². The van der Waals surface area contributed by atoms with Gasteiger partial charge in [0.05, 0.1) is 0 Å². The third-order valence-electron chi connectivity index (χ3n) is 2.35. The van der Waals surface area contributed by atoms with Crippen LogP contribution in [0.25, 0.3) is 0 Å². The Kier molecular flexibility index (Phi) is 4.45. The number of rotatable bonds is 3. The first kappa shape index (κ1) is 12.1. The molecule has 1 rings (SSSR count). The van der Waals surface area contributed by atoms with Gasteiger partial charge in [-0.25, -0.2) is 0 Å². The molecule has 0 atom stereocenters. The van der Waals surface area contributed by atoms with Gasteiger partial charge in [-0.2, -0.15) is 0 Å². The maximum Gasteiger partial charge on any atom is 0.0418 e. The van der Waals surface area contributed by atoms with E-state index in [1.165, 1.54) is 11.3 Å². The van der Waals surface area contributed by atoms with E-state index in [-0.39, 0.29) is 0 Å². The Morgan fingerprint density at radius 2 is 2.00 bits per heavy atom. The van der Waals surface area contributed by atoms with Crippen molar-refractivity contribution in [2.24, 2.45) is 0 Å². The van der Waals surface area contributed by atoms with Crippen molar-refractivity contribution in [2.45, 2.75) is 25.2 Å². The fraction of sp³-hybridized carbons (Fsp3) is 0.455. The summed E-state index contributed by atoms with van der Waals surface area (Å²) in [5.74, 6) is 0. The van der Waals surface area contributed by atoms with Crippen molar-refractivity contribution in [3.63, 3.8) is 0 Å². The number of benzene rings is 1. The highest BCUT2D eigenvalue weighted by atomic mass is 79.9. The summed E-state index contributed by atoms with van der Waals surface area (Å²) in [6.07, 6.45) is 0. The molecule has 3 heteroatoms. The van der Waals surface area contributed by atoms with Gasteiger partial charge in [0.15, 0.2) is 0 Å². The summed E-state index contributed by atoms with van der Waals surface area (Å²) < 4.78 is 1.13. The number of alkyl halides is 1. The third kappa shape index (κ3) is 2.74. The van der Waals surface area contributed by atoms with E-state index in [2.05, 4.69) is 75.9 Å². The van der Waals surface area contributed by atoms with Crippen LogP contribution in [-0.2, 0) is 5.33 Å². The topological polar surface area (TPSA) is 3.24 Å². The maximum absolute atomic E-state index is 3.51. The smallest absolute Gasteiger partial charge is 0.0418 e. The van der Waals surface area contributed by atoms with Crippen LogP contribution in [0.3, 0.4) is 0 Å². The van der Waals surface area contributed by atoms with Crippen LogP contribution in [0, 0.1) is 0 Å². The molecule has 0 aliphatic heterocycles. The number of hydrogen-bond donors (Lipinski definition) is 0. The number of halogens is 2. The van der Waals surface area contributed by atoms with E-state index < -0.39 is 0 Å². The van der Waals surface area contributed by atoms with Gasteiger partial charge in [-0.15, -0.1) is 0 Å². The second-order valence-electron chi connectivity index (χ2n) is 3.61. The minimum atomic E-state index is 0.516. The number of nitrogens with zero attached hydrogens (tertiary/aromatic N) is 1. The van der Waals surface area contributed by atoms with Crippen LogP contribution in [-0.4, -0.2) is 13.1 Å². The zero-order valence-electron chi connectivity index (χ0n) is 8.72. The molecule has 0 bridgehead atoms. The lowest BCUT2D eigenvalue weighted by molar-refractivity contribution is 0.752. The third-order valence-corrected chi connectivity index (χ3v) is 3.44. The van der Waals surface area contributed by atoms with Crippen molar-refractivity contribution < 1.29 is 0 Å². The van der Waals surface area contributed by atoms with Gasteiger partial charge in [0.2, 0.25) is 0 Å². The van der Waals surface area contributed by atoms with Crippen LogP contribution in [0.5, 0.6) is 0 Å². The Bertz CT molecular complexity index is 310. The van der Waals surface area contributed by atoms with Crippen molar-refractivity contribution in [2.75, 3.05) is 11.9 Å². The molecule has 0 fully saturated rings. The molecule has 0 unspecified atom stereocenters. The van der Waals surface area contributed by atoms with Crippen LogP contribution < -0.4 is 4.90 Å². The predicted molar refractivity (Wildman–Crippen MR) is 70.3 cm³/mol. The molecule has 1 nitrogen and oxygen atoms in total. The molecule has 0 saturated carbocycles. The van der Waals surface area contributed by atoms with Crippen molar-refractivity contribution >= 4 is 37.5 Å². The van der Waals surface area contributed by atoms with E-state index in [0.717, 1.165) is 9.80 Å². The lowest BCUT2D eigenvalue weighted by Crippen LogP contribution is -2.26. The van der Waals surface area contributed by atoms with Gasteiger partial charge in [0, 0.05) is 28.6 Å². The van der Waals surface area contributed by atoms with Gasteiger partial charge in [-0.3, -0.25) is 0 Å².